The van der Waals surface area contributed by atoms with E-state index in [1.165, 1.54) is 0 Å². The summed E-state index contributed by atoms with van der Waals surface area (Å²) in [7, 11) is 0. The van der Waals surface area contributed by atoms with E-state index in [0.717, 1.165) is 0 Å². The molecule has 30 heteroatoms. The van der Waals surface area contributed by atoms with Crippen molar-refractivity contribution >= 4 is 63.1 Å². The molecule has 0 N–H and O–H groups in total. The first-order chi connectivity index (χ1) is 25.2. The summed E-state index contributed by atoms with van der Waals surface area (Å²) in [6.07, 6.45) is 0. The number of hydrogen-bond acceptors (Lipinski definition) is 0. The Kier molecular flexibility index (Phi) is 29.4. The summed E-state index contributed by atoms with van der Waals surface area (Å²) in [6, 6.07) is 1.05. The molecule has 0 amide bonds. The minimum absolute atomic E-state index is 0. The van der Waals surface area contributed by atoms with Gasteiger partial charge in [0.1, 0.15) is 53.6 Å². The zero-order chi connectivity index (χ0) is 43.0. The molecule has 0 fully saturated rings. The topological polar surface area (TPSA) is 0 Å². The van der Waals surface area contributed by atoms with Crippen molar-refractivity contribution in [2.24, 2.45) is 0 Å². The Morgan fingerprint density at radius 2 is 0.283 bits per heavy atom. The molecule has 0 unspecified atom stereocenters. The summed E-state index contributed by atoms with van der Waals surface area (Å²) in [6.45, 7) is 0. The second-order valence-electron chi connectivity index (χ2n) is 8.99. The number of hydrogen-bond donors (Lipinski definition) is 0. The third-order valence-electron chi connectivity index (χ3n) is 5.36. The van der Waals surface area contributed by atoms with Crippen LogP contribution < -0.4 is 0 Å². The van der Waals surface area contributed by atoms with Gasteiger partial charge in [-0.3, -0.25) is 23.5 Å². The lowest BCUT2D eigenvalue weighted by molar-refractivity contribution is 0.415. The van der Waals surface area contributed by atoms with Crippen LogP contribution in [0, 0.1) is 116 Å². The first kappa shape index (κ1) is 64.6. The molecule has 5 radical (unpaired) electrons. The van der Waals surface area contributed by atoms with Crippen LogP contribution in [-0.4, -0.2) is 0 Å². The van der Waals surface area contributed by atoms with Gasteiger partial charge in [-0.15, -0.1) is 0 Å². The molecule has 5 aromatic rings. The first-order valence-electron chi connectivity index (χ1n) is 12.7. The molecular formula is C30H10F25S5. The molecule has 0 aliphatic carbocycles. The maximum Gasteiger partial charge on any atom is 0.196 e. The van der Waals surface area contributed by atoms with E-state index in [-0.39, 0.29) is 53.9 Å². The molecule has 0 aliphatic heterocycles. The normalized spacial score (nSPS) is 9.33. The Hall–Kier alpha value is -4.55. The van der Waals surface area contributed by atoms with Crippen molar-refractivity contribution in [3.05, 3.63) is 147 Å². The van der Waals surface area contributed by atoms with E-state index in [0.29, 0.717) is 0 Å². The molecule has 0 spiro atoms. The molecule has 5 rings (SSSR count). The lowest BCUT2D eigenvalue weighted by Gasteiger charge is -1.97. The van der Waals surface area contributed by atoms with Crippen molar-refractivity contribution in [2.75, 3.05) is 0 Å². The van der Waals surface area contributed by atoms with E-state index in [1.807, 2.05) is 0 Å². The number of benzene rings is 5. The van der Waals surface area contributed by atoms with Crippen LogP contribution in [0.1, 0.15) is 0 Å². The van der Waals surface area contributed by atoms with Crippen LogP contribution in [0.2, 0.25) is 0 Å². The van der Waals surface area contributed by atoms with Crippen LogP contribution >= 0.6 is 63.1 Å². The third kappa shape index (κ3) is 16.1. The zero-order valence-corrected chi connectivity index (χ0v) is 31.1. The largest absolute Gasteiger partial charge is 0.269 e. The zero-order valence-electron chi connectivity index (χ0n) is 27.0. The van der Waals surface area contributed by atoms with Crippen molar-refractivity contribution < 1.29 is 111 Å². The standard InChI is InChI=1S/5C6HF4S.5FH/c5*7-2-1-3(8)6(11)5(10)4(2)9;;;;;/h5*1H;5*1H. The van der Waals surface area contributed by atoms with Gasteiger partial charge in [-0.1, -0.05) is 63.1 Å². The fraction of sp³-hybridized carbons (Fsp3) is 0. The summed E-state index contributed by atoms with van der Waals surface area (Å²) in [5.74, 6) is -31.2. The average molecular weight is 1010 g/mol. The summed E-state index contributed by atoms with van der Waals surface area (Å²) in [4.78, 5) is -4.63. The molecule has 0 saturated heterocycles. The second kappa shape index (κ2) is 27.3. The monoisotopic (exact) mass is 1000 g/mol. The maximum absolute atomic E-state index is 12.3. The fourth-order valence-corrected chi connectivity index (χ4v) is 3.49. The quantitative estimate of drug-likeness (QED) is 0.0824. The SMILES string of the molecule is F.F.F.F.F.Fc1cc(F)c([S])c(F)c1F.Fc1cc(F)c([S])c(F)c1F.Fc1cc(F)c([S])c(F)c1F.Fc1cc(F)c([S])c(F)c1F.Fc1cc(F)c([S])c(F)c1F. The molecule has 0 aromatic heterocycles. The highest BCUT2D eigenvalue weighted by Crippen LogP contribution is 2.25. The molecule has 0 atom stereocenters. The highest BCUT2D eigenvalue weighted by atomic mass is 32.1. The predicted molar refractivity (Wildman–Crippen MR) is 173 cm³/mol. The van der Waals surface area contributed by atoms with Crippen LogP contribution in [0.15, 0.2) is 54.8 Å². The summed E-state index contributed by atoms with van der Waals surface area (Å²) in [5.41, 5.74) is 0. The fourth-order valence-electron chi connectivity index (χ4n) is 2.75. The van der Waals surface area contributed by atoms with Gasteiger partial charge in [-0.05, 0) is 0 Å². The lowest BCUT2D eigenvalue weighted by Crippen LogP contribution is -1.94. The highest BCUT2D eigenvalue weighted by Gasteiger charge is 2.20. The van der Waals surface area contributed by atoms with Gasteiger partial charge in [0, 0.05) is 30.3 Å². The van der Waals surface area contributed by atoms with Crippen molar-refractivity contribution in [3.63, 3.8) is 0 Å². The van der Waals surface area contributed by atoms with Crippen LogP contribution in [-0.2, 0) is 0 Å². The predicted octanol–water partition coefficient (Wildman–Crippen LogP) is 14.8. The molecule has 0 bridgehead atoms. The van der Waals surface area contributed by atoms with Crippen molar-refractivity contribution in [2.45, 2.75) is 24.5 Å². The van der Waals surface area contributed by atoms with Crippen LogP contribution in [0.3, 0.4) is 0 Å². The highest BCUT2D eigenvalue weighted by molar-refractivity contribution is 7.81. The van der Waals surface area contributed by atoms with Crippen molar-refractivity contribution in [3.8, 4) is 0 Å². The van der Waals surface area contributed by atoms with E-state index in [1.54, 1.807) is 0 Å². The van der Waals surface area contributed by atoms with E-state index in [2.05, 4.69) is 63.1 Å². The van der Waals surface area contributed by atoms with Gasteiger partial charge in [-0.2, -0.15) is 0 Å². The van der Waals surface area contributed by atoms with Crippen molar-refractivity contribution in [1.29, 1.82) is 0 Å². The van der Waals surface area contributed by atoms with Gasteiger partial charge in [-0.25, -0.2) is 87.8 Å². The van der Waals surface area contributed by atoms with E-state index in [4.69, 9.17) is 0 Å². The Bertz CT molecular complexity index is 1720. The molecule has 60 heavy (non-hydrogen) atoms. The van der Waals surface area contributed by atoms with Crippen LogP contribution in [0.4, 0.5) is 111 Å². The molecule has 0 aliphatic rings. The summed E-state index contributed by atoms with van der Waals surface area (Å²) in [5, 5.41) is 0. The third-order valence-corrected chi connectivity index (χ3v) is 7.23. The molecule has 335 valence electrons. The van der Waals surface area contributed by atoms with Crippen LogP contribution in [0.25, 0.3) is 0 Å². The van der Waals surface area contributed by atoms with Gasteiger partial charge in [0.15, 0.2) is 87.3 Å². The van der Waals surface area contributed by atoms with E-state index in [9.17, 15) is 87.8 Å². The second-order valence-corrected chi connectivity index (χ2v) is 11.0. The smallest absolute Gasteiger partial charge is 0.196 e. The molecular weight excluding hydrogens is 996 g/mol. The lowest BCUT2D eigenvalue weighted by atomic mass is 10.3. The Morgan fingerprint density at radius 3 is 0.383 bits per heavy atom. The molecule has 0 heterocycles. The maximum atomic E-state index is 12.3. The summed E-state index contributed by atoms with van der Waals surface area (Å²) < 4.78 is 244. The van der Waals surface area contributed by atoms with Crippen LogP contribution in [0.5, 0.6) is 0 Å². The Labute approximate surface area is 344 Å². The van der Waals surface area contributed by atoms with Crippen molar-refractivity contribution in [1.82, 2.24) is 0 Å². The summed E-state index contributed by atoms with van der Waals surface area (Å²) >= 11 is 20.4. The van der Waals surface area contributed by atoms with Gasteiger partial charge < -0.3 is 0 Å². The minimum Gasteiger partial charge on any atom is -0.269 e. The first-order valence-corrected chi connectivity index (χ1v) is 14.7. The van der Waals surface area contributed by atoms with E-state index < -0.39 is 141 Å². The minimum atomic E-state index is -1.74. The van der Waals surface area contributed by atoms with E-state index >= 15 is 0 Å². The molecule has 5 aromatic carbocycles. The number of halogens is 25. The van der Waals surface area contributed by atoms with Gasteiger partial charge in [0.05, 0.1) is 0 Å². The van der Waals surface area contributed by atoms with Gasteiger partial charge >= 0.3 is 0 Å². The average Bonchev–Trinajstić information content (AvgIpc) is 3.14. The Morgan fingerprint density at radius 1 is 0.183 bits per heavy atom. The number of rotatable bonds is 0. The molecule has 0 saturated carbocycles. The Balaban J connectivity index is -0.000000206. The van der Waals surface area contributed by atoms with Gasteiger partial charge in [0.25, 0.3) is 0 Å². The van der Waals surface area contributed by atoms with Gasteiger partial charge in [0.2, 0.25) is 0 Å². The molecule has 0 nitrogen and oxygen atoms in total.